The van der Waals surface area contributed by atoms with Crippen LogP contribution in [0.5, 0.6) is 0 Å². The van der Waals surface area contributed by atoms with E-state index in [4.69, 9.17) is 5.11 Å². The van der Waals surface area contributed by atoms with Gasteiger partial charge in [0.05, 0.1) is 5.92 Å². The van der Waals surface area contributed by atoms with Gasteiger partial charge in [-0.1, -0.05) is 19.8 Å². The van der Waals surface area contributed by atoms with E-state index in [1.54, 1.807) is 11.2 Å². The first kappa shape index (κ1) is 14.7. The monoisotopic (exact) mass is 290 g/mol. The smallest absolute Gasteiger partial charge is 0.306 e. The zero-order chi connectivity index (χ0) is 14.0. The Morgan fingerprint density at radius 1 is 1.11 bits per heavy atom. The van der Waals surface area contributed by atoms with Crippen molar-refractivity contribution >= 4 is 16.2 Å². The lowest BCUT2D eigenvalue weighted by Crippen LogP contribution is -2.57. The molecule has 2 rings (SSSR count). The van der Waals surface area contributed by atoms with Gasteiger partial charge in [-0.05, 0) is 18.8 Å². The molecule has 1 unspecified atom stereocenters. The second-order valence-electron chi connectivity index (χ2n) is 5.53. The molecule has 0 saturated carbocycles. The lowest BCUT2D eigenvalue weighted by atomic mass is 9.89. The van der Waals surface area contributed by atoms with Gasteiger partial charge in [0.1, 0.15) is 0 Å². The Hall–Kier alpha value is -0.660. The van der Waals surface area contributed by atoms with Crippen LogP contribution in [0, 0.1) is 11.8 Å². The van der Waals surface area contributed by atoms with Crippen LogP contribution in [-0.4, -0.2) is 54.3 Å². The third kappa shape index (κ3) is 3.09. The zero-order valence-corrected chi connectivity index (χ0v) is 12.1. The Labute approximate surface area is 114 Å². The average molecular weight is 290 g/mol. The summed E-state index contributed by atoms with van der Waals surface area (Å²) in [5, 5.41) is 8.91. The second-order valence-corrected chi connectivity index (χ2v) is 7.45. The first-order chi connectivity index (χ1) is 8.93. The summed E-state index contributed by atoms with van der Waals surface area (Å²) in [5.41, 5.74) is 0. The van der Waals surface area contributed by atoms with Gasteiger partial charge >= 0.3 is 5.97 Å². The standard InChI is InChI=1S/C12H22N2O4S/c1-10(12(15)16)11-8-14(9-11)19(17,18)13-6-4-2-3-5-7-13/h10-11H,2-9H2,1H3,(H,15,16). The van der Waals surface area contributed by atoms with Gasteiger partial charge in [-0.3, -0.25) is 4.79 Å². The second kappa shape index (κ2) is 5.76. The van der Waals surface area contributed by atoms with Crippen LogP contribution in [0.1, 0.15) is 32.6 Å². The first-order valence-corrected chi connectivity index (χ1v) is 8.30. The Bertz CT molecular complexity index is 423. The van der Waals surface area contributed by atoms with Crippen molar-refractivity contribution in [2.75, 3.05) is 26.2 Å². The normalized spacial score (nSPS) is 25.5. The third-order valence-electron chi connectivity index (χ3n) is 4.19. The molecule has 1 atom stereocenters. The topological polar surface area (TPSA) is 77.9 Å². The summed E-state index contributed by atoms with van der Waals surface area (Å²) in [6, 6.07) is 0. The van der Waals surface area contributed by atoms with Gasteiger partial charge in [0.25, 0.3) is 10.2 Å². The molecular weight excluding hydrogens is 268 g/mol. The molecule has 2 aliphatic rings. The molecule has 2 heterocycles. The van der Waals surface area contributed by atoms with Crippen molar-refractivity contribution in [2.24, 2.45) is 11.8 Å². The highest BCUT2D eigenvalue weighted by Crippen LogP contribution is 2.28. The van der Waals surface area contributed by atoms with E-state index in [-0.39, 0.29) is 5.92 Å². The molecule has 0 aromatic rings. The maximum absolute atomic E-state index is 12.4. The van der Waals surface area contributed by atoms with E-state index in [9.17, 15) is 13.2 Å². The van der Waals surface area contributed by atoms with Crippen LogP contribution in [-0.2, 0) is 15.0 Å². The van der Waals surface area contributed by atoms with Gasteiger partial charge in [0.2, 0.25) is 0 Å². The van der Waals surface area contributed by atoms with Gasteiger partial charge in [0.15, 0.2) is 0 Å². The van der Waals surface area contributed by atoms with E-state index < -0.39 is 22.1 Å². The fraction of sp³-hybridized carbons (Fsp3) is 0.917. The fourth-order valence-electron chi connectivity index (χ4n) is 2.61. The van der Waals surface area contributed by atoms with E-state index in [0.29, 0.717) is 26.2 Å². The van der Waals surface area contributed by atoms with Crippen molar-refractivity contribution in [3.63, 3.8) is 0 Å². The van der Waals surface area contributed by atoms with Crippen LogP contribution in [0.3, 0.4) is 0 Å². The molecule has 0 aromatic carbocycles. The van der Waals surface area contributed by atoms with Crippen molar-refractivity contribution < 1.29 is 18.3 Å². The molecule has 7 heteroatoms. The summed E-state index contributed by atoms with van der Waals surface area (Å²) >= 11 is 0. The summed E-state index contributed by atoms with van der Waals surface area (Å²) in [6.45, 7) is 3.51. The molecule has 0 bridgehead atoms. The zero-order valence-electron chi connectivity index (χ0n) is 11.3. The van der Waals surface area contributed by atoms with Crippen molar-refractivity contribution in [3.05, 3.63) is 0 Å². The highest BCUT2D eigenvalue weighted by atomic mass is 32.2. The summed E-state index contributed by atoms with van der Waals surface area (Å²) < 4.78 is 27.7. The molecule has 0 aromatic heterocycles. The predicted molar refractivity (Wildman–Crippen MR) is 70.8 cm³/mol. The van der Waals surface area contributed by atoms with Gasteiger partial charge < -0.3 is 5.11 Å². The molecule has 0 aliphatic carbocycles. The molecule has 6 nitrogen and oxygen atoms in total. The van der Waals surface area contributed by atoms with Gasteiger partial charge in [-0.15, -0.1) is 0 Å². The fourth-order valence-corrected chi connectivity index (χ4v) is 4.42. The molecule has 2 saturated heterocycles. The molecule has 19 heavy (non-hydrogen) atoms. The van der Waals surface area contributed by atoms with Crippen LogP contribution >= 0.6 is 0 Å². The Morgan fingerprint density at radius 3 is 2.11 bits per heavy atom. The minimum Gasteiger partial charge on any atom is -0.481 e. The maximum atomic E-state index is 12.4. The molecular formula is C12H22N2O4S. The van der Waals surface area contributed by atoms with Gasteiger partial charge in [0, 0.05) is 26.2 Å². The molecule has 2 fully saturated rings. The van der Waals surface area contributed by atoms with E-state index in [2.05, 4.69) is 0 Å². The van der Waals surface area contributed by atoms with Crippen LogP contribution < -0.4 is 0 Å². The summed E-state index contributed by atoms with van der Waals surface area (Å²) in [5.74, 6) is -1.38. The number of carboxylic acids is 1. The predicted octanol–water partition coefficient (Wildman–Crippen LogP) is 0.760. The van der Waals surface area contributed by atoms with Crippen LogP contribution in [0.25, 0.3) is 0 Å². The SMILES string of the molecule is CC(C(=O)O)C1CN(S(=O)(=O)N2CCCCCC2)C1. The first-order valence-electron chi connectivity index (χ1n) is 6.91. The van der Waals surface area contributed by atoms with Crippen molar-refractivity contribution in [3.8, 4) is 0 Å². The lowest BCUT2D eigenvalue weighted by molar-refractivity contribution is -0.144. The van der Waals surface area contributed by atoms with E-state index in [0.717, 1.165) is 25.7 Å². The lowest BCUT2D eigenvalue weighted by Gasteiger charge is -2.42. The highest BCUT2D eigenvalue weighted by Gasteiger charge is 2.42. The summed E-state index contributed by atoms with van der Waals surface area (Å²) in [6.07, 6.45) is 4.01. The molecule has 1 N–H and O–H groups in total. The van der Waals surface area contributed by atoms with E-state index in [1.165, 1.54) is 4.31 Å². The van der Waals surface area contributed by atoms with E-state index in [1.807, 2.05) is 0 Å². The third-order valence-corrected chi connectivity index (χ3v) is 6.16. The van der Waals surface area contributed by atoms with Crippen LogP contribution in [0.4, 0.5) is 0 Å². The number of hydrogen-bond donors (Lipinski definition) is 1. The number of carbonyl (C=O) groups is 1. The van der Waals surface area contributed by atoms with Crippen molar-refractivity contribution in [2.45, 2.75) is 32.6 Å². The Kier molecular flexibility index (Phi) is 4.47. The number of hydrogen-bond acceptors (Lipinski definition) is 3. The highest BCUT2D eigenvalue weighted by molar-refractivity contribution is 7.86. The number of aliphatic carboxylic acids is 1. The average Bonchev–Trinajstić information content (AvgIpc) is 2.54. The number of carboxylic acid groups (broad SMARTS) is 1. The minimum atomic E-state index is -3.37. The van der Waals surface area contributed by atoms with Crippen LogP contribution in [0.2, 0.25) is 0 Å². The molecule has 110 valence electrons. The maximum Gasteiger partial charge on any atom is 0.306 e. The summed E-state index contributed by atoms with van der Waals surface area (Å²) in [4.78, 5) is 10.9. The van der Waals surface area contributed by atoms with Crippen molar-refractivity contribution in [1.29, 1.82) is 0 Å². The molecule has 0 amide bonds. The molecule has 2 aliphatic heterocycles. The Balaban J connectivity index is 1.93. The number of rotatable bonds is 4. The number of nitrogens with zero attached hydrogens (tertiary/aromatic N) is 2. The minimum absolute atomic E-state index is 0.0562. The molecule has 0 spiro atoms. The van der Waals surface area contributed by atoms with Gasteiger partial charge in [-0.2, -0.15) is 17.0 Å². The molecule has 0 radical (unpaired) electrons. The summed E-state index contributed by atoms with van der Waals surface area (Å²) in [7, 11) is -3.37. The largest absolute Gasteiger partial charge is 0.481 e. The van der Waals surface area contributed by atoms with Crippen LogP contribution in [0.15, 0.2) is 0 Å². The quantitative estimate of drug-likeness (QED) is 0.829. The van der Waals surface area contributed by atoms with Gasteiger partial charge in [-0.25, -0.2) is 0 Å². The van der Waals surface area contributed by atoms with Crippen molar-refractivity contribution in [1.82, 2.24) is 8.61 Å². The van der Waals surface area contributed by atoms with E-state index >= 15 is 0 Å². The Morgan fingerprint density at radius 2 is 1.63 bits per heavy atom.